The van der Waals surface area contributed by atoms with E-state index >= 15 is 0 Å². The summed E-state index contributed by atoms with van der Waals surface area (Å²) in [5.74, 6) is -0.127. The van der Waals surface area contributed by atoms with Gasteiger partial charge in [-0.3, -0.25) is 4.79 Å². The third kappa shape index (κ3) is 3.66. The van der Waals surface area contributed by atoms with E-state index in [0.717, 1.165) is 13.1 Å². The summed E-state index contributed by atoms with van der Waals surface area (Å²) < 4.78 is 1.71. The van der Waals surface area contributed by atoms with Crippen LogP contribution in [-0.4, -0.2) is 5.91 Å². The average Bonchev–Trinajstić information content (AvgIpc) is 2.75. The Balaban J connectivity index is 2.00. The molecule has 1 aromatic carbocycles. The second kappa shape index (κ2) is 6.33. The SMILES string of the molecule is N#Cc1ccc(CNC(=O)c2cc(Br)sc2Br)cc1. The Morgan fingerprint density at radius 2 is 2.00 bits per heavy atom. The Kier molecular flexibility index (Phi) is 4.75. The molecule has 0 bridgehead atoms. The molecular weight excluding hydrogens is 392 g/mol. The van der Waals surface area contributed by atoms with Gasteiger partial charge in [-0.1, -0.05) is 12.1 Å². The fraction of sp³-hybridized carbons (Fsp3) is 0.0769. The van der Waals surface area contributed by atoms with Crippen LogP contribution < -0.4 is 5.32 Å². The molecule has 1 amide bonds. The van der Waals surface area contributed by atoms with Gasteiger partial charge in [-0.2, -0.15) is 5.26 Å². The molecule has 0 aliphatic heterocycles. The van der Waals surface area contributed by atoms with Crippen molar-refractivity contribution in [1.82, 2.24) is 5.32 Å². The van der Waals surface area contributed by atoms with Crippen LogP contribution in [0.3, 0.4) is 0 Å². The summed E-state index contributed by atoms with van der Waals surface area (Å²) in [6.45, 7) is 0.435. The molecule has 0 saturated carbocycles. The maximum Gasteiger partial charge on any atom is 0.253 e. The molecule has 0 unspecified atom stereocenters. The number of halogens is 2. The van der Waals surface area contributed by atoms with Crippen LogP contribution in [0.5, 0.6) is 0 Å². The zero-order valence-corrected chi connectivity index (χ0v) is 13.6. The largest absolute Gasteiger partial charge is 0.348 e. The van der Waals surface area contributed by atoms with E-state index in [-0.39, 0.29) is 5.91 Å². The Morgan fingerprint density at radius 1 is 1.32 bits per heavy atom. The van der Waals surface area contributed by atoms with E-state index in [0.29, 0.717) is 17.7 Å². The standard InChI is InChI=1S/C13H8Br2N2OS/c14-11-5-10(12(15)19-11)13(18)17-7-9-3-1-8(6-16)2-4-9/h1-5H,7H2,(H,17,18). The van der Waals surface area contributed by atoms with Crippen molar-refractivity contribution in [2.75, 3.05) is 0 Å². The molecule has 0 spiro atoms. The Labute approximate surface area is 131 Å². The van der Waals surface area contributed by atoms with Gasteiger partial charge in [0.2, 0.25) is 0 Å². The van der Waals surface area contributed by atoms with Crippen LogP contribution in [-0.2, 0) is 6.54 Å². The van der Waals surface area contributed by atoms with E-state index in [2.05, 4.69) is 43.2 Å². The molecule has 0 saturated heterocycles. The van der Waals surface area contributed by atoms with Gasteiger partial charge in [-0.15, -0.1) is 11.3 Å². The summed E-state index contributed by atoms with van der Waals surface area (Å²) in [7, 11) is 0. The molecule has 6 heteroatoms. The molecule has 96 valence electrons. The van der Waals surface area contributed by atoms with E-state index in [1.807, 2.05) is 12.1 Å². The minimum absolute atomic E-state index is 0.127. The number of amides is 1. The lowest BCUT2D eigenvalue weighted by atomic mass is 10.1. The number of hydrogen-bond donors (Lipinski definition) is 1. The van der Waals surface area contributed by atoms with Gasteiger partial charge < -0.3 is 5.32 Å². The van der Waals surface area contributed by atoms with Crippen molar-refractivity contribution >= 4 is 49.1 Å². The normalized spacial score (nSPS) is 9.95. The smallest absolute Gasteiger partial charge is 0.253 e. The van der Waals surface area contributed by atoms with Crippen LogP contribution >= 0.6 is 43.2 Å². The van der Waals surface area contributed by atoms with Crippen molar-refractivity contribution in [3.05, 3.63) is 54.6 Å². The number of carbonyl (C=O) groups is 1. The summed E-state index contributed by atoms with van der Waals surface area (Å²) in [5, 5.41) is 11.5. The highest BCUT2D eigenvalue weighted by Gasteiger charge is 2.13. The quantitative estimate of drug-likeness (QED) is 0.845. The van der Waals surface area contributed by atoms with Crippen LogP contribution in [0.25, 0.3) is 0 Å². The van der Waals surface area contributed by atoms with Crippen LogP contribution in [0.1, 0.15) is 21.5 Å². The third-order valence-corrected chi connectivity index (χ3v) is 4.78. The van der Waals surface area contributed by atoms with E-state index in [1.54, 1.807) is 18.2 Å². The molecule has 2 rings (SSSR count). The molecule has 3 nitrogen and oxygen atoms in total. The summed E-state index contributed by atoms with van der Waals surface area (Å²) in [6, 6.07) is 11.0. The highest BCUT2D eigenvalue weighted by molar-refractivity contribution is 9.12. The molecule has 0 aliphatic rings. The number of rotatable bonds is 3. The number of nitriles is 1. The van der Waals surface area contributed by atoms with E-state index in [9.17, 15) is 4.79 Å². The lowest BCUT2D eigenvalue weighted by molar-refractivity contribution is 0.0950. The molecule has 0 radical (unpaired) electrons. The Morgan fingerprint density at radius 3 is 2.53 bits per heavy atom. The van der Waals surface area contributed by atoms with Crippen molar-refractivity contribution in [2.45, 2.75) is 6.54 Å². The van der Waals surface area contributed by atoms with Gasteiger partial charge in [-0.05, 0) is 55.6 Å². The number of nitrogens with one attached hydrogen (secondary N) is 1. The zero-order valence-electron chi connectivity index (χ0n) is 9.61. The highest BCUT2D eigenvalue weighted by atomic mass is 79.9. The van der Waals surface area contributed by atoms with Gasteiger partial charge in [-0.25, -0.2) is 0 Å². The van der Waals surface area contributed by atoms with Gasteiger partial charge in [0.1, 0.15) is 0 Å². The fourth-order valence-electron chi connectivity index (χ4n) is 1.47. The predicted molar refractivity (Wildman–Crippen MR) is 82.0 cm³/mol. The molecule has 2 aromatic rings. The molecule has 0 fully saturated rings. The summed E-state index contributed by atoms with van der Waals surface area (Å²) in [5.41, 5.74) is 2.18. The maximum absolute atomic E-state index is 12.0. The first kappa shape index (κ1) is 14.3. The van der Waals surface area contributed by atoms with Crippen LogP contribution in [0.2, 0.25) is 0 Å². The minimum atomic E-state index is -0.127. The topological polar surface area (TPSA) is 52.9 Å². The fourth-order valence-corrected chi connectivity index (χ4v) is 4.26. The number of carbonyl (C=O) groups excluding carboxylic acids is 1. The van der Waals surface area contributed by atoms with Crippen molar-refractivity contribution < 1.29 is 4.79 Å². The summed E-state index contributed by atoms with van der Waals surface area (Å²) in [4.78, 5) is 12.0. The number of nitrogens with zero attached hydrogens (tertiary/aromatic N) is 1. The minimum Gasteiger partial charge on any atom is -0.348 e. The van der Waals surface area contributed by atoms with Crippen LogP contribution in [0, 0.1) is 11.3 Å². The summed E-state index contributed by atoms with van der Waals surface area (Å²) >= 11 is 8.16. The zero-order chi connectivity index (χ0) is 13.8. The molecular formula is C13H8Br2N2OS. The molecule has 0 aliphatic carbocycles. The predicted octanol–water partition coefficient (Wildman–Crippen LogP) is 4.07. The van der Waals surface area contributed by atoms with Crippen LogP contribution in [0.15, 0.2) is 37.9 Å². The van der Waals surface area contributed by atoms with Gasteiger partial charge in [0.05, 0.1) is 24.8 Å². The van der Waals surface area contributed by atoms with Crippen molar-refractivity contribution in [2.24, 2.45) is 0 Å². The van der Waals surface area contributed by atoms with E-state index in [1.165, 1.54) is 11.3 Å². The number of hydrogen-bond acceptors (Lipinski definition) is 3. The van der Waals surface area contributed by atoms with Gasteiger partial charge >= 0.3 is 0 Å². The number of benzene rings is 1. The molecule has 19 heavy (non-hydrogen) atoms. The second-order valence-electron chi connectivity index (χ2n) is 3.73. The van der Waals surface area contributed by atoms with Gasteiger partial charge in [0.25, 0.3) is 5.91 Å². The second-order valence-corrected chi connectivity index (χ2v) is 7.48. The van der Waals surface area contributed by atoms with Gasteiger partial charge in [0, 0.05) is 6.54 Å². The Bertz CT molecular complexity index is 644. The first-order chi connectivity index (χ1) is 9.10. The average molecular weight is 400 g/mol. The van der Waals surface area contributed by atoms with Crippen molar-refractivity contribution in [3.8, 4) is 6.07 Å². The first-order valence-electron chi connectivity index (χ1n) is 5.32. The molecule has 0 atom stereocenters. The van der Waals surface area contributed by atoms with Gasteiger partial charge in [0.15, 0.2) is 0 Å². The third-order valence-electron chi connectivity index (χ3n) is 2.44. The molecule has 1 aromatic heterocycles. The van der Waals surface area contributed by atoms with E-state index < -0.39 is 0 Å². The van der Waals surface area contributed by atoms with E-state index in [4.69, 9.17) is 5.26 Å². The van der Waals surface area contributed by atoms with Crippen molar-refractivity contribution in [3.63, 3.8) is 0 Å². The first-order valence-corrected chi connectivity index (χ1v) is 7.72. The summed E-state index contributed by atoms with van der Waals surface area (Å²) in [6.07, 6.45) is 0. The lowest BCUT2D eigenvalue weighted by Gasteiger charge is -2.04. The number of thiophene rings is 1. The van der Waals surface area contributed by atoms with Crippen molar-refractivity contribution in [1.29, 1.82) is 5.26 Å². The molecule has 1 heterocycles. The highest BCUT2D eigenvalue weighted by Crippen LogP contribution is 2.31. The monoisotopic (exact) mass is 398 g/mol. The Hall–Kier alpha value is -1.16. The molecule has 1 N–H and O–H groups in total. The lowest BCUT2D eigenvalue weighted by Crippen LogP contribution is -2.22. The van der Waals surface area contributed by atoms with Crippen LogP contribution in [0.4, 0.5) is 0 Å². The maximum atomic E-state index is 12.0.